The first-order valence-corrected chi connectivity index (χ1v) is 9.16. The molecule has 24 heavy (non-hydrogen) atoms. The number of phosphoric acid groups is 1. The van der Waals surface area contributed by atoms with Crippen molar-refractivity contribution in [1.29, 1.82) is 0 Å². The van der Waals surface area contributed by atoms with E-state index < -0.39 is 13.4 Å². The first-order chi connectivity index (χ1) is 11.3. The van der Waals surface area contributed by atoms with Gasteiger partial charge in [0.15, 0.2) is 5.60 Å². The van der Waals surface area contributed by atoms with E-state index in [0.29, 0.717) is 16.0 Å². The molecule has 0 atom stereocenters. The van der Waals surface area contributed by atoms with Gasteiger partial charge in [-0.25, -0.2) is 4.57 Å². The van der Waals surface area contributed by atoms with Gasteiger partial charge in [-0.2, -0.15) is 0 Å². The molecule has 0 radical (unpaired) electrons. The Bertz CT molecular complexity index is 684. The molecule has 0 fully saturated rings. The van der Waals surface area contributed by atoms with E-state index in [-0.39, 0.29) is 6.61 Å². The maximum absolute atomic E-state index is 11.3. The molecule has 2 rings (SSSR count). The van der Waals surface area contributed by atoms with E-state index in [1.54, 1.807) is 6.92 Å². The number of ether oxygens (including phenoxy) is 1. The fourth-order valence-electron chi connectivity index (χ4n) is 2.28. The summed E-state index contributed by atoms with van der Waals surface area (Å²) in [4.78, 5) is 18.9. The van der Waals surface area contributed by atoms with Crippen LogP contribution < -0.4 is 0 Å². The van der Waals surface area contributed by atoms with Gasteiger partial charge in [0.25, 0.3) is 0 Å². The molecule has 0 amide bonds. The van der Waals surface area contributed by atoms with Crippen LogP contribution in [0.25, 0.3) is 0 Å². The fraction of sp³-hybridized carbons (Fsp3) is 0.176. The summed E-state index contributed by atoms with van der Waals surface area (Å²) in [6, 6.07) is 18.3. The van der Waals surface area contributed by atoms with Crippen molar-refractivity contribution < 1.29 is 23.6 Å². The minimum absolute atomic E-state index is 0.358. The van der Waals surface area contributed by atoms with Crippen LogP contribution in [0, 0.1) is 0 Å². The summed E-state index contributed by atoms with van der Waals surface area (Å²) in [6.07, 6.45) is 1.44. The van der Waals surface area contributed by atoms with E-state index in [1.807, 2.05) is 60.7 Å². The average molecular weight is 366 g/mol. The molecule has 0 aliphatic rings. The van der Waals surface area contributed by atoms with Crippen molar-refractivity contribution in [1.82, 2.24) is 0 Å². The Morgan fingerprint density at radius 3 is 1.92 bits per heavy atom. The minimum Gasteiger partial charge on any atom is -0.482 e. The van der Waals surface area contributed by atoms with Gasteiger partial charge in [-0.1, -0.05) is 60.7 Å². The van der Waals surface area contributed by atoms with Gasteiger partial charge in [0.1, 0.15) is 6.61 Å². The third-order valence-electron chi connectivity index (χ3n) is 3.35. The van der Waals surface area contributed by atoms with Crippen LogP contribution in [-0.4, -0.2) is 16.4 Å². The number of allylic oxidation sites excluding steroid dienone is 1. The summed E-state index contributed by atoms with van der Waals surface area (Å²) in [6.45, 7) is 1.39. The second kappa shape index (κ2) is 8.01. The molecule has 7 heteroatoms. The van der Waals surface area contributed by atoms with Crippen LogP contribution in [0.15, 0.2) is 71.8 Å². The van der Waals surface area contributed by atoms with Crippen molar-refractivity contribution in [2.75, 3.05) is 6.61 Å². The molecule has 0 bridgehead atoms. The summed E-state index contributed by atoms with van der Waals surface area (Å²) < 4.78 is 22.0. The molecule has 5 nitrogen and oxygen atoms in total. The average Bonchev–Trinajstić information content (AvgIpc) is 2.56. The van der Waals surface area contributed by atoms with Crippen molar-refractivity contribution in [3.05, 3.63) is 83.0 Å². The highest BCUT2D eigenvalue weighted by molar-refractivity contribution is 7.84. The summed E-state index contributed by atoms with van der Waals surface area (Å²) in [5, 5.41) is 0. The number of hydrogen-bond acceptors (Lipinski definition) is 4. The SMILES string of the molecule is CC(S)=COC(COP(=O)(O)O)(c1ccccc1)c1ccccc1. The normalized spacial score (nSPS) is 12.9. The molecule has 2 aromatic rings. The Morgan fingerprint density at radius 2 is 1.54 bits per heavy atom. The molecule has 0 aliphatic heterocycles. The van der Waals surface area contributed by atoms with Gasteiger partial charge >= 0.3 is 7.82 Å². The summed E-state index contributed by atoms with van der Waals surface area (Å²) in [5.41, 5.74) is 0.194. The predicted octanol–water partition coefficient (Wildman–Crippen LogP) is 3.85. The van der Waals surface area contributed by atoms with E-state index in [0.717, 1.165) is 0 Å². The maximum atomic E-state index is 11.3. The predicted molar refractivity (Wildman–Crippen MR) is 95.5 cm³/mol. The lowest BCUT2D eigenvalue weighted by Crippen LogP contribution is -2.35. The Morgan fingerprint density at radius 1 is 1.08 bits per heavy atom. The summed E-state index contributed by atoms with van der Waals surface area (Å²) in [7, 11) is -4.67. The van der Waals surface area contributed by atoms with Gasteiger partial charge < -0.3 is 14.5 Å². The van der Waals surface area contributed by atoms with Crippen molar-refractivity contribution in [3.63, 3.8) is 0 Å². The number of hydrogen-bond donors (Lipinski definition) is 3. The quantitative estimate of drug-likeness (QED) is 0.394. The third kappa shape index (κ3) is 4.97. The fourth-order valence-corrected chi connectivity index (χ4v) is 2.68. The van der Waals surface area contributed by atoms with Gasteiger partial charge in [0, 0.05) is 16.0 Å². The van der Waals surface area contributed by atoms with Crippen LogP contribution in [0.1, 0.15) is 18.1 Å². The van der Waals surface area contributed by atoms with E-state index in [2.05, 4.69) is 12.6 Å². The number of benzene rings is 2. The second-order valence-corrected chi connectivity index (χ2v) is 7.14. The molecular weight excluding hydrogens is 347 g/mol. The Labute approximate surface area is 146 Å². The van der Waals surface area contributed by atoms with Crippen molar-refractivity contribution in [3.8, 4) is 0 Å². The zero-order valence-electron chi connectivity index (χ0n) is 13.1. The largest absolute Gasteiger partial charge is 0.482 e. The lowest BCUT2D eigenvalue weighted by atomic mass is 9.87. The molecule has 0 aliphatic carbocycles. The molecule has 0 saturated heterocycles. The zero-order chi connectivity index (χ0) is 17.6. The van der Waals surface area contributed by atoms with Gasteiger partial charge in [-0.15, -0.1) is 12.6 Å². The second-order valence-electron chi connectivity index (χ2n) is 5.20. The van der Waals surface area contributed by atoms with E-state index in [9.17, 15) is 4.57 Å². The highest BCUT2D eigenvalue weighted by Crippen LogP contribution is 2.42. The molecule has 0 unspecified atom stereocenters. The number of rotatable bonds is 7. The van der Waals surface area contributed by atoms with Gasteiger partial charge in [0.05, 0.1) is 6.26 Å². The Kier molecular flexibility index (Phi) is 6.27. The number of thiol groups is 1. The highest BCUT2D eigenvalue weighted by atomic mass is 32.1. The van der Waals surface area contributed by atoms with Crippen LogP contribution in [-0.2, 0) is 19.4 Å². The Balaban J connectivity index is 2.58. The molecule has 0 aromatic heterocycles. The summed E-state index contributed by atoms with van der Waals surface area (Å²) >= 11 is 4.20. The highest BCUT2D eigenvalue weighted by Gasteiger charge is 2.38. The maximum Gasteiger partial charge on any atom is 0.469 e. The monoisotopic (exact) mass is 366 g/mol. The zero-order valence-corrected chi connectivity index (χ0v) is 14.9. The molecule has 2 aromatic carbocycles. The third-order valence-corrected chi connectivity index (χ3v) is 3.92. The first-order valence-electron chi connectivity index (χ1n) is 7.18. The Hall–Kier alpha value is -1.56. The molecule has 2 N–H and O–H groups in total. The topological polar surface area (TPSA) is 76.0 Å². The lowest BCUT2D eigenvalue weighted by Gasteiger charge is -2.34. The van der Waals surface area contributed by atoms with Crippen molar-refractivity contribution in [2.24, 2.45) is 0 Å². The smallest absolute Gasteiger partial charge is 0.469 e. The minimum atomic E-state index is -4.67. The lowest BCUT2D eigenvalue weighted by molar-refractivity contribution is 0.00148. The molecule has 0 spiro atoms. The van der Waals surface area contributed by atoms with Crippen molar-refractivity contribution in [2.45, 2.75) is 12.5 Å². The molecular formula is C17H19O5PS. The van der Waals surface area contributed by atoms with Crippen LogP contribution in [0.5, 0.6) is 0 Å². The number of phosphoric ester groups is 1. The first kappa shape index (κ1) is 18.8. The van der Waals surface area contributed by atoms with Crippen LogP contribution in [0.3, 0.4) is 0 Å². The molecule has 0 saturated carbocycles. The van der Waals surface area contributed by atoms with Gasteiger partial charge in [-0.05, 0) is 6.92 Å². The molecule has 0 heterocycles. The van der Waals surface area contributed by atoms with Crippen molar-refractivity contribution >= 4 is 20.5 Å². The van der Waals surface area contributed by atoms with E-state index in [4.69, 9.17) is 19.0 Å². The van der Waals surface area contributed by atoms with Crippen LogP contribution in [0.2, 0.25) is 0 Å². The molecule has 128 valence electrons. The standard InChI is InChI=1S/C17H19O5PS/c1-14(24)12-21-17(13-22-23(18,19)20,15-8-4-2-5-9-15)16-10-6-3-7-11-16/h2-12,24H,13H2,1H3,(H2,18,19,20). The van der Waals surface area contributed by atoms with Gasteiger partial charge in [-0.3, -0.25) is 4.52 Å². The van der Waals surface area contributed by atoms with Crippen LogP contribution in [0.4, 0.5) is 0 Å². The summed E-state index contributed by atoms with van der Waals surface area (Å²) in [5.74, 6) is 0. The van der Waals surface area contributed by atoms with E-state index in [1.165, 1.54) is 6.26 Å². The van der Waals surface area contributed by atoms with Crippen LogP contribution >= 0.6 is 20.5 Å². The van der Waals surface area contributed by atoms with E-state index >= 15 is 0 Å². The van der Waals surface area contributed by atoms with Gasteiger partial charge in [0.2, 0.25) is 0 Å².